The minimum atomic E-state index is -4.53. The van der Waals surface area contributed by atoms with E-state index in [0.717, 1.165) is 26.5 Å². The third-order valence-electron chi connectivity index (χ3n) is 9.28. The van der Waals surface area contributed by atoms with Gasteiger partial charge >= 0.3 is 24.3 Å². The van der Waals surface area contributed by atoms with E-state index in [-0.39, 0.29) is 36.7 Å². The Morgan fingerprint density at radius 2 is 1.19 bits per heavy atom. The fourth-order valence-electron chi connectivity index (χ4n) is 6.68. The van der Waals surface area contributed by atoms with Gasteiger partial charge in [-0.05, 0) is 86.7 Å². The van der Waals surface area contributed by atoms with Gasteiger partial charge in [-0.1, -0.05) is 78.1 Å². The van der Waals surface area contributed by atoms with E-state index in [2.05, 4.69) is 48.2 Å². The number of alkyl halides is 6. The zero-order chi connectivity index (χ0) is 46.6. The van der Waals surface area contributed by atoms with Crippen LogP contribution in [0.15, 0.2) is 44.5 Å². The van der Waals surface area contributed by atoms with Gasteiger partial charge in [0, 0.05) is 52.2 Å². The Morgan fingerprint density at radius 1 is 0.758 bits per heavy atom. The molecule has 62 heavy (non-hydrogen) atoms. The number of aliphatic hydroxyl groups is 1. The Morgan fingerprint density at radius 3 is 1.61 bits per heavy atom. The van der Waals surface area contributed by atoms with Crippen molar-refractivity contribution in [2.75, 3.05) is 59.6 Å². The van der Waals surface area contributed by atoms with Gasteiger partial charge in [-0.15, -0.1) is 0 Å². The Hall–Kier alpha value is -0.830. The number of carbonyl (C=O) groups excluding carboxylic acids is 2. The number of esters is 2. The maximum Gasteiger partial charge on any atom is 0.412 e. The summed E-state index contributed by atoms with van der Waals surface area (Å²) in [5.74, 6) is -1.21. The summed E-state index contributed by atoms with van der Waals surface area (Å²) < 4.78 is 110. The molecule has 0 bridgehead atoms. The third-order valence-corrected chi connectivity index (χ3v) is 13.8. The van der Waals surface area contributed by atoms with Crippen LogP contribution in [0.3, 0.4) is 0 Å². The highest BCUT2D eigenvalue weighted by molar-refractivity contribution is 9.10. The lowest BCUT2D eigenvalue weighted by Crippen LogP contribution is -2.42. The van der Waals surface area contributed by atoms with Crippen molar-refractivity contribution in [3.05, 3.63) is 76.8 Å². The number of benzene rings is 2. The lowest BCUT2D eigenvalue weighted by atomic mass is 9.85. The first-order chi connectivity index (χ1) is 28.5. The minimum absolute atomic E-state index is 0.0699. The number of aryl methyl sites for hydroxylation is 2. The summed E-state index contributed by atoms with van der Waals surface area (Å²) in [6.07, 6.45) is -6.44. The summed E-state index contributed by atoms with van der Waals surface area (Å²) in [4.78, 5) is 25.3. The number of ether oxygens (including phenoxy) is 4. The predicted molar refractivity (Wildman–Crippen MR) is 238 cm³/mol. The number of aliphatic hydroxyl groups excluding tert-OH is 1. The Labute approximate surface area is 395 Å². The molecule has 0 amide bonds. The quantitative estimate of drug-likeness (QED) is 0.146. The summed E-state index contributed by atoms with van der Waals surface area (Å²) in [7, 11) is 0. The third kappa shape index (κ3) is 14.6. The van der Waals surface area contributed by atoms with E-state index in [4.69, 9.17) is 74.2 Å². The van der Waals surface area contributed by atoms with Gasteiger partial charge in [0.25, 0.3) is 0 Å². The molecule has 346 valence electrons. The fraction of sp³-hybridized carbons (Fsp3) is 0.514. The van der Waals surface area contributed by atoms with Gasteiger partial charge in [0.15, 0.2) is 23.5 Å². The number of carbonyl (C=O) groups is 2. The molecule has 6 rings (SSSR count). The van der Waals surface area contributed by atoms with Crippen molar-refractivity contribution in [3.8, 4) is 0 Å². The van der Waals surface area contributed by atoms with Crippen LogP contribution in [0.4, 0.5) is 26.3 Å². The van der Waals surface area contributed by atoms with Crippen LogP contribution in [0.5, 0.6) is 0 Å². The number of hydrogen-bond acceptors (Lipinski definition) is 12. The summed E-state index contributed by atoms with van der Waals surface area (Å²) in [5, 5.41) is 11.3. The highest BCUT2D eigenvalue weighted by Gasteiger charge is 2.52. The molecule has 10 nitrogen and oxygen atoms in total. The first-order valence-electron chi connectivity index (χ1n) is 18.1. The summed E-state index contributed by atoms with van der Waals surface area (Å²) in [6, 6.07) is 7.00. The van der Waals surface area contributed by atoms with E-state index in [1.54, 1.807) is 25.1 Å². The Balaban J connectivity index is 0.000000234. The molecule has 2 saturated heterocycles. The fourth-order valence-corrected chi connectivity index (χ4v) is 10.6. The molecule has 4 aliphatic heterocycles. The van der Waals surface area contributed by atoms with Crippen molar-refractivity contribution < 1.29 is 73.6 Å². The van der Waals surface area contributed by atoms with Crippen LogP contribution < -0.4 is 0 Å². The van der Waals surface area contributed by atoms with Crippen LogP contribution in [0.25, 0.3) is 11.1 Å². The lowest BCUT2D eigenvalue weighted by molar-refractivity contribution is -0.159. The smallest absolute Gasteiger partial charge is 0.412 e. The van der Waals surface area contributed by atoms with Gasteiger partial charge in [-0.25, -0.2) is 9.59 Å². The van der Waals surface area contributed by atoms with Gasteiger partial charge < -0.3 is 37.6 Å². The minimum Gasteiger partial charge on any atom is -0.507 e. The number of hydrogen-bond donors (Lipinski definition) is 1. The molecule has 4 unspecified atom stereocenters. The van der Waals surface area contributed by atoms with Crippen molar-refractivity contribution in [3.63, 3.8) is 0 Å². The van der Waals surface area contributed by atoms with Crippen LogP contribution >= 0.6 is 78.4 Å². The van der Waals surface area contributed by atoms with Crippen LogP contribution in [0, 0.1) is 13.8 Å². The summed E-state index contributed by atoms with van der Waals surface area (Å²) in [5.41, 5.74) is -1.45. The van der Waals surface area contributed by atoms with E-state index in [0.29, 0.717) is 59.2 Å². The predicted octanol–water partition coefficient (Wildman–Crippen LogP) is 12.3. The number of halogens is 11. The van der Waals surface area contributed by atoms with Gasteiger partial charge in [-0.3, -0.25) is 0 Å². The van der Waals surface area contributed by atoms with E-state index in [1.165, 1.54) is 13.3 Å². The van der Waals surface area contributed by atoms with Crippen LogP contribution in [-0.2, 0) is 65.7 Å². The molecule has 2 spiro atoms. The van der Waals surface area contributed by atoms with Crippen molar-refractivity contribution in [2.24, 2.45) is 0 Å². The lowest BCUT2D eigenvalue weighted by Gasteiger charge is -2.34. The molecule has 1 N–H and O–H groups in total. The van der Waals surface area contributed by atoms with Crippen molar-refractivity contribution >= 4 is 125 Å². The van der Waals surface area contributed by atoms with Crippen LogP contribution in [-0.4, -0.2) is 100 Å². The molecule has 4 heterocycles. The Kier molecular flexibility index (Phi) is 18.6. The molecule has 2 aromatic rings. The average molecular weight is 1150 g/mol. The Bertz CT molecular complexity index is 2150. The van der Waals surface area contributed by atoms with Gasteiger partial charge in [0.05, 0.1) is 35.4 Å². The molecule has 0 aliphatic carbocycles. The summed E-state index contributed by atoms with van der Waals surface area (Å²) >= 11 is 34.2. The normalized spacial score (nSPS) is 23.6. The topological polar surface area (TPSA) is 119 Å². The maximum atomic E-state index is 13.0. The second-order valence-corrected chi connectivity index (χ2v) is 27.5. The van der Waals surface area contributed by atoms with E-state index in [1.807, 2.05) is 13.0 Å². The van der Waals surface area contributed by atoms with Crippen LogP contribution in [0.1, 0.15) is 47.9 Å². The molecule has 25 heteroatoms. The molecular weight excluding hydrogens is 1110 g/mol. The van der Waals surface area contributed by atoms with Crippen molar-refractivity contribution in [1.82, 2.24) is 0 Å². The second-order valence-electron chi connectivity index (χ2n) is 14.4. The second kappa shape index (κ2) is 21.4. The van der Waals surface area contributed by atoms with Crippen molar-refractivity contribution in [2.45, 2.75) is 63.1 Å². The van der Waals surface area contributed by atoms with Crippen molar-refractivity contribution in [1.29, 1.82) is 0 Å². The zero-order valence-corrected chi connectivity index (χ0v) is 41.9. The molecule has 2 aromatic carbocycles. The average Bonchev–Trinajstić information content (AvgIpc) is 3.52. The van der Waals surface area contributed by atoms with E-state index in [9.17, 15) is 41.0 Å². The largest absolute Gasteiger partial charge is 0.507 e. The highest BCUT2D eigenvalue weighted by atomic mass is 79.9. The molecule has 2 fully saturated rings. The first-order valence-corrected chi connectivity index (χ1v) is 27.6. The molecule has 4 aliphatic rings. The highest BCUT2D eigenvalue weighted by Crippen LogP contribution is 2.51. The molecule has 0 radical (unpaired) electrons. The first kappa shape index (κ1) is 53.8. The zero-order valence-electron chi connectivity index (χ0n) is 33.1. The van der Waals surface area contributed by atoms with E-state index >= 15 is 0 Å². The van der Waals surface area contributed by atoms with E-state index < -0.39 is 60.8 Å². The summed E-state index contributed by atoms with van der Waals surface area (Å²) in [6.45, 7) is 1.30. The standard InChI is InChI=1S/C19H20BrClF3O5PS.C15H14BrClO4.C3H5ClF3OPS/c1-11-6-12(20)7-14(21)15(11)16-13(8-27-30(2,31)28-10-19(22,23)24)18(29-17(16)25)4-3-5-26-9-18;1-8-5-9(16)6-10(17)11(8)12-13(18)15(21-14(12)19)3-2-4-20-7-15;1-9(4,10)8-2-3(5,6)7/h6-7H,3-5,8-10H2,1-2H3;5-6,18H,2-4,7H2,1H3;2H2,1H3. The monoisotopic (exact) mass is 1150 g/mol. The SMILES string of the molecule is CP(=S)(Cl)OCC(F)(F)F.Cc1cc(Br)cc(Cl)c1C1=C(COP(C)(=S)OCC(F)(F)F)C2(CCCOC2)OC1=O.Cc1cc(Br)cc(Cl)c1C1=C(O)C2(CCCOC2)OC1=O. The molecule has 0 saturated carbocycles. The van der Waals surface area contributed by atoms with Gasteiger partial charge in [0.1, 0.15) is 24.4 Å². The molecule has 4 atom stereocenters. The van der Waals surface area contributed by atoms with Gasteiger partial charge in [0.2, 0.25) is 0 Å². The maximum absolute atomic E-state index is 13.0. The molecule has 0 aromatic heterocycles. The van der Waals surface area contributed by atoms with Gasteiger partial charge in [-0.2, -0.15) is 26.3 Å². The number of rotatable bonds is 9. The molecular formula is C37H39Br2Cl3F6O10P2S2. The van der Waals surface area contributed by atoms with Crippen LogP contribution in [0.2, 0.25) is 10.0 Å².